The summed E-state index contributed by atoms with van der Waals surface area (Å²) in [6.45, 7) is 0.766. The lowest BCUT2D eigenvalue weighted by atomic mass is 9.96. The largest absolute Gasteiger partial charge is 0.326 e. The molecule has 0 spiro atoms. The maximum atomic E-state index is 12.5. The SMILES string of the molecule is CN1C(=O)CCc2cc(NC(=O)C3CCN(S(C)(=O)=O)CC3)ccc21. The van der Waals surface area contributed by atoms with Crippen molar-refractivity contribution >= 4 is 33.2 Å². The fraction of sp³-hybridized carbons (Fsp3) is 0.529. The number of benzene rings is 1. The van der Waals surface area contributed by atoms with Crippen molar-refractivity contribution < 1.29 is 18.0 Å². The molecule has 3 rings (SSSR count). The topological polar surface area (TPSA) is 86.8 Å². The van der Waals surface area contributed by atoms with Crippen molar-refractivity contribution in [2.75, 3.05) is 36.6 Å². The number of piperidine rings is 1. The minimum Gasteiger partial charge on any atom is -0.326 e. The standard InChI is InChI=1S/C17H23N3O4S/c1-19-15-5-4-14(11-13(15)3-6-16(19)21)18-17(22)12-7-9-20(10-8-12)25(2,23)24/h4-5,11-12H,3,6-10H2,1-2H3,(H,18,22). The molecule has 0 saturated carbocycles. The van der Waals surface area contributed by atoms with Crippen molar-refractivity contribution in [2.45, 2.75) is 25.7 Å². The van der Waals surface area contributed by atoms with E-state index < -0.39 is 10.0 Å². The monoisotopic (exact) mass is 365 g/mol. The number of aryl methyl sites for hydroxylation is 1. The first-order chi connectivity index (χ1) is 11.8. The third-order valence-electron chi connectivity index (χ3n) is 4.98. The molecule has 0 aromatic heterocycles. The van der Waals surface area contributed by atoms with Gasteiger partial charge in [0.2, 0.25) is 21.8 Å². The normalized spacial score (nSPS) is 19.6. The summed E-state index contributed by atoms with van der Waals surface area (Å²) >= 11 is 0. The van der Waals surface area contributed by atoms with E-state index in [1.165, 1.54) is 10.6 Å². The molecular formula is C17H23N3O4S. The molecule has 1 aromatic carbocycles. The van der Waals surface area contributed by atoms with Crippen LogP contribution in [-0.2, 0) is 26.0 Å². The van der Waals surface area contributed by atoms with Crippen molar-refractivity contribution in [2.24, 2.45) is 5.92 Å². The Morgan fingerprint density at radius 1 is 1.20 bits per heavy atom. The smallest absolute Gasteiger partial charge is 0.227 e. The highest BCUT2D eigenvalue weighted by molar-refractivity contribution is 7.88. The third-order valence-corrected chi connectivity index (χ3v) is 6.29. The zero-order valence-corrected chi connectivity index (χ0v) is 15.3. The number of rotatable bonds is 3. The molecule has 25 heavy (non-hydrogen) atoms. The van der Waals surface area contributed by atoms with Gasteiger partial charge in [0.05, 0.1) is 6.26 Å². The number of fused-ring (bicyclic) bond motifs is 1. The van der Waals surface area contributed by atoms with E-state index in [0.717, 1.165) is 16.9 Å². The van der Waals surface area contributed by atoms with Gasteiger partial charge in [0.1, 0.15) is 0 Å². The molecule has 2 aliphatic heterocycles. The van der Waals surface area contributed by atoms with Gasteiger partial charge in [-0.25, -0.2) is 12.7 Å². The van der Waals surface area contributed by atoms with Crippen molar-refractivity contribution in [1.82, 2.24) is 4.31 Å². The van der Waals surface area contributed by atoms with Crippen LogP contribution >= 0.6 is 0 Å². The number of carbonyl (C=O) groups is 2. The highest BCUT2D eigenvalue weighted by Gasteiger charge is 2.29. The van der Waals surface area contributed by atoms with Crippen molar-refractivity contribution in [3.05, 3.63) is 23.8 Å². The molecule has 136 valence electrons. The number of sulfonamides is 1. The fourth-order valence-electron chi connectivity index (χ4n) is 3.43. The van der Waals surface area contributed by atoms with Crippen LogP contribution in [0.5, 0.6) is 0 Å². The molecular weight excluding hydrogens is 342 g/mol. The van der Waals surface area contributed by atoms with Crippen LogP contribution in [0.25, 0.3) is 0 Å². The zero-order chi connectivity index (χ0) is 18.2. The minimum atomic E-state index is -3.18. The number of nitrogens with zero attached hydrogens (tertiary/aromatic N) is 2. The van der Waals surface area contributed by atoms with Crippen LogP contribution in [0.2, 0.25) is 0 Å². The van der Waals surface area contributed by atoms with Gasteiger partial charge in [-0.1, -0.05) is 0 Å². The number of hydrogen-bond acceptors (Lipinski definition) is 4. The van der Waals surface area contributed by atoms with E-state index in [4.69, 9.17) is 0 Å². The van der Waals surface area contributed by atoms with Gasteiger partial charge in [-0.05, 0) is 43.0 Å². The number of hydrogen-bond donors (Lipinski definition) is 1. The maximum absolute atomic E-state index is 12.5. The lowest BCUT2D eigenvalue weighted by Crippen LogP contribution is -2.40. The molecule has 1 saturated heterocycles. The number of carbonyl (C=O) groups excluding carboxylic acids is 2. The van der Waals surface area contributed by atoms with E-state index >= 15 is 0 Å². The number of amides is 2. The van der Waals surface area contributed by atoms with Gasteiger partial charge in [-0.2, -0.15) is 0 Å². The van der Waals surface area contributed by atoms with Crippen molar-refractivity contribution in [3.63, 3.8) is 0 Å². The Hall–Kier alpha value is -1.93. The van der Waals surface area contributed by atoms with Gasteiger partial charge in [0.15, 0.2) is 0 Å². The maximum Gasteiger partial charge on any atom is 0.227 e. The lowest BCUT2D eigenvalue weighted by Gasteiger charge is -2.29. The highest BCUT2D eigenvalue weighted by Crippen LogP contribution is 2.30. The molecule has 2 amide bonds. The molecule has 2 aliphatic rings. The molecule has 1 N–H and O–H groups in total. The predicted molar refractivity (Wildman–Crippen MR) is 95.9 cm³/mol. The summed E-state index contributed by atoms with van der Waals surface area (Å²) in [5.41, 5.74) is 2.65. The van der Waals surface area contributed by atoms with E-state index in [-0.39, 0.29) is 17.7 Å². The van der Waals surface area contributed by atoms with E-state index in [0.29, 0.717) is 38.8 Å². The number of nitrogens with one attached hydrogen (secondary N) is 1. The third kappa shape index (κ3) is 3.85. The summed E-state index contributed by atoms with van der Waals surface area (Å²) in [4.78, 5) is 25.8. The average molecular weight is 365 g/mol. The molecule has 8 heteroatoms. The van der Waals surface area contributed by atoms with Crippen LogP contribution in [0, 0.1) is 5.92 Å². The second-order valence-corrected chi connectivity index (χ2v) is 8.70. The second-order valence-electron chi connectivity index (χ2n) is 6.72. The zero-order valence-electron chi connectivity index (χ0n) is 14.5. The Morgan fingerprint density at radius 3 is 2.52 bits per heavy atom. The molecule has 2 heterocycles. The van der Waals surface area contributed by atoms with Crippen LogP contribution in [-0.4, -0.2) is 50.9 Å². The van der Waals surface area contributed by atoms with E-state index in [2.05, 4.69) is 5.32 Å². The van der Waals surface area contributed by atoms with Gasteiger partial charge in [-0.15, -0.1) is 0 Å². The first kappa shape index (κ1) is 17.9. The fourth-order valence-corrected chi connectivity index (χ4v) is 4.30. The molecule has 0 bridgehead atoms. The Morgan fingerprint density at radius 2 is 1.88 bits per heavy atom. The molecule has 1 fully saturated rings. The summed E-state index contributed by atoms with van der Waals surface area (Å²) in [5, 5.41) is 2.93. The van der Waals surface area contributed by atoms with E-state index in [1.807, 2.05) is 12.1 Å². The summed E-state index contributed by atoms with van der Waals surface area (Å²) in [6, 6.07) is 5.58. The van der Waals surface area contributed by atoms with Crippen LogP contribution < -0.4 is 10.2 Å². The predicted octanol–water partition coefficient (Wildman–Crippen LogP) is 1.21. The Labute approximate surface area is 148 Å². The van der Waals surface area contributed by atoms with E-state index in [1.54, 1.807) is 18.0 Å². The van der Waals surface area contributed by atoms with Crippen LogP contribution in [0.4, 0.5) is 11.4 Å². The molecule has 0 atom stereocenters. The minimum absolute atomic E-state index is 0.0756. The highest BCUT2D eigenvalue weighted by atomic mass is 32.2. The lowest BCUT2D eigenvalue weighted by molar-refractivity contribution is -0.121. The molecule has 0 radical (unpaired) electrons. The van der Waals surface area contributed by atoms with E-state index in [9.17, 15) is 18.0 Å². The van der Waals surface area contributed by atoms with Crippen molar-refractivity contribution in [1.29, 1.82) is 0 Å². The van der Waals surface area contributed by atoms with Gasteiger partial charge in [-0.3, -0.25) is 9.59 Å². The van der Waals surface area contributed by atoms with Crippen LogP contribution in [0.15, 0.2) is 18.2 Å². The summed E-state index contributed by atoms with van der Waals surface area (Å²) in [7, 11) is -1.43. The first-order valence-corrected chi connectivity index (χ1v) is 10.3. The average Bonchev–Trinajstić information content (AvgIpc) is 2.57. The Kier molecular flexibility index (Phi) is 4.83. The number of anilines is 2. The first-order valence-electron chi connectivity index (χ1n) is 8.41. The Bertz CT molecular complexity index is 798. The van der Waals surface area contributed by atoms with Crippen LogP contribution in [0.3, 0.4) is 0 Å². The summed E-state index contributed by atoms with van der Waals surface area (Å²) in [5.74, 6) is -0.159. The van der Waals surface area contributed by atoms with Gasteiger partial charge in [0.25, 0.3) is 0 Å². The molecule has 1 aromatic rings. The van der Waals surface area contributed by atoms with Gasteiger partial charge in [0, 0.05) is 43.9 Å². The molecule has 7 nitrogen and oxygen atoms in total. The van der Waals surface area contributed by atoms with Gasteiger partial charge < -0.3 is 10.2 Å². The quantitative estimate of drug-likeness (QED) is 0.872. The van der Waals surface area contributed by atoms with Crippen LogP contribution in [0.1, 0.15) is 24.8 Å². The Balaban J connectivity index is 1.64. The van der Waals surface area contributed by atoms with Crippen molar-refractivity contribution in [3.8, 4) is 0 Å². The molecule has 0 unspecified atom stereocenters. The summed E-state index contributed by atoms with van der Waals surface area (Å²) < 4.78 is 24.5. The molecule has 0 aliphatic carbocycles. The second kappa shape index (κ2) is 6.76. The van der Waals surface area contributed by atoms with Gasteiger partial charge >= 0.3 is 0 Å². The summed E-state index contributed by atoms with van der Waals surface area (Å²) in [6.07, 6.45) is 3.41.